The second-order valence-electron chi connectivity index (χ2n) is 7.19. The first-order valence-corrected chi connectivity index (χ1v) is 9.35. The van der Waals surface area contributed by atoms with Crippen LogP contribution in [0.2, 0.25) is 0 Å². The molecule has 2 aromatic rings. The van der Waals surface area contributed by atoms with Crippen LogP contribution < -0.4 is 5.32 Å². The van der Waals surface area contributed by atoms with Gasteiger partial charge < -0.3 is 9.64 Å². The molecule has 1 aromatic carbocycles. The number of amides is 2. The van der Waals surface area contributed by atoms with E-state index >= 15 is 0 Å². The van der Waals surface area contributed by atoms with Crippen molar-refractivity contribution in [2.24, 2.45) is 0 Å². The number of fused-ring (bicyclic) bond motifs is 1. The van der Waals surface area contributed by atoms with Crippen LogP contribution in [0.1, 0.15) is 47.3 Å². The lowest BCUT2D eigenvalue weighted by molar-refractivity contribution is 0.0225. The third-order valence-electron chi connectivity index (χ3n) is 3.86. The van der Waals surface area contributed by atoms with Gasteiger partial charge in [-0.1, -0.05) is 17.4 Å². The van der Waals surface area contributed by atoms with Gasteiger partial charge in [-0.25, -0.2) is 9.78 Å². The highest BCUT2D eigenvalue weighted by Crippen LogP contribution is 2.29. The number of nitriles is 1. The van der Waals surface area contributed by atoms with Crippen LogP contribution in [-0.2, 0) is 17.7 Å². The summed E-state index contributed by atoms with van der Waals surface area (Å²) < 4.78 is 5.42. The Morgan fingerprint density at radius 1 is 1.37 bits per heavy atom. The first-order chi connectivity index (χ1) is 12.7. The van der Waals surface area contributed by atoms with Crippen LogP contribution in [0.4, 0.5) is 9.93 Å². The third kappa shape index (κ3) is 4.63. The van der Waals surface area contributed by atoms with Gasteiger partial charge in [0, 0.05) is 23.4 Å². The Morgan fingerprint density at radius 3 is 2.85 bits per heavy atom. The largest absolute Gasteiger partial charge is 0.444 e. The van der Waals surface area contributed by atoms with E-state index in [2.05, 4.69) is 10.3 Å². The van der Waals surface area contributed by atoms with Crippen molar-refractivity contribution in [3.8, 4) is 6.07 Å². The molecule has 0 aliphatic carbocycles. The number of hydrogen-bond acceptors (Lipinski definition) is 6. The summed E-state index contributed by atoms with van der Waals surface area (Å²) in [4.78, 5) is 31.7. The van der Waals surface area contributed by atoms with E-state index in [-0.39, 0.29) is 12.0 Å². The van der Waals surface area contributed by atoms with Crippen LogP contribution in [0.5, 0.6) is 0 Å². The lowest BCUT2D eigenvalue weighted by atomic mass is 10.1. The average molecular weight is 384 g/mol. The second kappa shape index (κ2) is 7.37. The number of thiazole rings is 1. The van der Waals surface area contributed by atoms with Crippen molar-refractivity contribution in [2.75, 3.05) is 11.9 Å². The summed E-state index contributed by atoms with van der Waals surface area (Å²) in [6.07, 6.45) is 0.269. The smallest absolute Gasteiger partial charge is 0.410 e. The normalized spacial score (nSPS) is 13.5. The molecule has 0 spiro atoms. The minimum atomic E-state index is -0.540. The third-order valence-corrected chi connectivity index (χ3v) is 4.86. The molecule has 0 radical (unpaired) electrons. The number of hydrogen-bond donors (Lipinski definition) is 1. The lowest BCUT2D eigenvalue weighted by Crippen LogP contribution is -2.39. The fraction of sp³-hybridized carbons (Fsp3) is 0.368. The zero-order valence-corrected chi connectivity index (χ0v) is 16.2. The average Bonchev–Trinajstić information content (AvgIpc) is 3.01. The quantitative estimate of drug-likeness (QED) is 0.854. The number of anilines is 1. The van der Waals surface area contributed by atoms with E-state index in [0.29, 0.717) is 35.8 Å². The molecule has 1 aromatic heterocycles. The maximum absolute atomic E-state index is 12.4. The van der Waals surface area contributed by atoms with Gasteiger partial charge >= 0.3 is 6.09 Å². The van der Waals surface area contributed by atoms with Crippen molar-refractivity contribution >= 4 is 28.5 Å². The van der Waals surface area contributed by atoms with Gasteiger partial charge in [-0.05, 0) is 39.0 Å². The highest BCUT2D eigenvalue weighted by atomic mass is 32.1. The van der Waals surface area contributed by atoms with Crippen LogP contribution in [0, 0.1) is 11.3 Å². The van der Waals surface area contributed by atoms with E-state index in [1.165, 1.54) is 17.4 Å². The number of carbonyl (C=O) groups is 2. The summed E-state index contributed by atoms with van der Waals surface area (Å²) in [7, 11) is 0. The van der Waals surface area contributed by atoms with Gasteiger partial charge in [0.25, 0.3) is 5.91 Å². The Morgan fingerprint density at radius 2 is 2.15 bits per heavy atom. The van der Waals surface area contributed by atoms with Gasteiger partial charge in [0.1, 0.15) is 5.60 Å². The molecule has 2 amide bonds. The SMILES string of the molecule is CC(C)(C)OC(=O)N1CCc2nc(NC(=O)c3cccc(C#N)c3)sc2C1. The topological polar surface area (TPSA) is 95.3 Å². The van der Waals surface area contributed by atoms with Gasteiger partial charge in [-0.2, -0.15) is 5.26 Å². The summed E-state index contributed by atoms with van der Waals surface area (Å²) in [6.45, 7) is 6.46. The summed E-state index contributed by atoms with van der Waals surface area (Å²) in [5.74, 6) is -0.317. The Balaban J connectivity index is 1.69. The molecule has 7 nitrogen and oxygen atoms in total. The Labute approximate surface area is 161 Å². The van der Waals surface area contributed by atoms with E-state index in [1.54, 1.807) is 23.1 Å². The summed E-state index contributed by atoms with van der Waals surface area (Å²) in [5.41, 5.74) is 1.18. The van der Waals surface area contributed by atoms with Gasteiger partial charge in [0.05, 0.1) is 23.9 Å². The van der Waals surface area contributed by atoms with Gasteiger partial charge in [-0.3, -0.25) is 10.1 Å². The van der Waals surface area contributed by atoms with Gasteiger partial charge in [0.15, 0.2) is 5.13 Å². The molecule has 2 heterocycles. The predicted molar refractivity (Wildman–Crippen MR) is 102 cm³/mol. The van der Waals surface area contributed by atoms with Crippen molar-refractivity contribution in [3.63, 3.8) is 0 Å². The first kappa shape index (κ1) is 18.9. The van der Waals surface area contributed by atoms with Crippen molar-refractivity contribution in [1.82, 2.24) is 9.88 Å². The highest BCUT2D eigenvalue weighted by Gasteiger charge is 2.28. The molecular formula is C19H20N4O3S. The minimum absolute atomic E-state index is 0.317. The maximum atomic E-state index is 12.4. The molecule has 3 rings (SSSR count). The van der Waals surface area contributed by atoms with Crippen LogP contribution >= 0.6 is 11.3 Å². The summed E-state index contributed by atoms with van der Waals surface area (Å²) in [6, 6.07) is 8.51. The standard InChI is InChI=1S/C19H20N4O3S/c1-19(2,3)26-18(25)23-8-7-14-15(11-23)27-17(21-14)22-16(24)13-6-4-5-12(9-13)10-20/h4-6,9H,7-8,11H2,1-3H3,(H,21,22,24). The van der Waals surface area contributed by atoms with Gasteiger partial charge in [0.2, 0.25) is 0 Å². The lowest BCUT2D eigenvalue weighted by Gasteiger charge is -2.29. The van der Waals surface area contributed by atoms with E-state index < -0.39 is 5.60 Å². The monoisotopic (exact) mass is 384 g/mol. The number of carbonyl (C=O) groups excluding carboxylic acids is 2. The molecule has 0 fully saturated rings. The zero-order valence-electron chi connectivity index (χ0n) is 15.4. The first-order valence-electron chi connectivity index (χ1n) is 8.53. The van der Waals surface area contributed by atoms with Crippen LogP contribution in [0.25, 0.3) is 0 Å². The molecule has 1 aliphatic rings. The van der Waals surface area contributed by atoms with Crippen LogP contribution in [0.15, 0.2) is 24.3 Å². The number of benzene rings is 1. The Kier molecular flexibility index (Phi) is 5.15. The Hall–Kier alpha value is -2.92. The van der Waals surface area contributed by atoms with Crippen LogP contribution in [-0.4, -0.2) is 34.0 Å². The van der Waals surface area contributed by atoms with E-state index in [4.69, 9.17) is 10.00 Å². The van der Waals surface area contributed by atoms with E-state index in [9.17, 15) is 9.59 Å². The molecule has 1 N–H and O–H groups in total. The molecule has 0 bridgehead atoms. The number of ether oxygens (including phenoxy) is 1. The molecule has 1 aliphatic heterocycles. The van der Waals surface area contributed by atoms with Crippen molar-refractivity contribution in [1.29, 1.82) is 5.26 Å². The van der Waals surface area contributed by atoms with Crippen LogP contribution in [0.3, 0.4) is 0 Å². The fourth-order valence-electron chi connectivity index (χ4n) is 2.63. The predicted octanol–water partition coefficient (Wildman–Crippen LogP) is 3.56. The fourth-order valence-corrected chi connectivity index (χ4v) is 3.65. The molecule has 0 saturated heterocycles. The molecular weight excluding hydrogens is 364 g/mol. The van der Waals surface area contributed by atoms with Crippen molar-refractivity contribution in [2.45, 2.75) is 39.3 Å². The molecule has 0 atom stereocenters. The molecule has 8 heteroatoms. The number of aromatic nitrogens is 1. The van der Waals surface area contributed by atoms with Gasteiger partial charge in [-0.15, -0.1) is 0 Å². The summed E-state index contributed by atoms with van der Waals surface area (Å²) >= 11 is 1.35. The maximum Gasteiger partial charge on any atom is 0.410 e. The summed E-state index contributed by atoms with van der Waals surface area (Å²) in [5, 5.41) is 12.2. The molecule has 0 saturated carbocycles. The number of nitrogens with one attached hydrogen (secondary N) is 1. The second-order valence-corrected chi connectivity index (χ2v) is 8.27. The van der Waals surface area contributed by atoms with E-state index in [0.717, 1.165) is 10.6 Å². The highest BCUT2D eigenvalue weighted by molar-refractivity contribution is 7.15. The molecule has 27 heavy (non-hydrogen) atoms. The van der Waals surface area contributed by atoms with Crippen molar-refractivity contribution in [3.05, 3.63) is 46.0 Å². The Bertz CT molecular complexity index is 924. The number of nitrogens with zero attached hydrogens (tertiary/aromatic N) is 3. The zero-order chi connectivity index (χ0) is 19.6. The minimum Gasteiger partial charge on any atom is -0.444 e. The molecule has 140 valence electrons. The van der Waals surface area contributed by atoms with Crippen molar-refractivity contribution < 1.29 is 14.3 Å². The molecule has 0 unspecified atom stereocenters. The van der Waals surface area contributed by atoms with E-state index in [1.807, 2.05) is 26.8 Å². The number of rotatable bonds is 2.